The van der Waals surface area contributed by atoms with Crippen LogP contribution in [0.15, 0.2) is 18.2 Å². The topological polar surface area (TPSA) is 58.6 Å². The smallest absolute Gasteiger partial charge is 0.260 e. The Morgan fingerprint density at radius 1 is 1.40 bits per heavy atom. The largest absolute Gasteiger partial charge is 0.479 e. The summed E-state index contributed by atoms with van der Waals surface area (Å²) in [6.07, 6.45) is 0.710. The van der Waals surface area contributed by atoms with Crippen LogP contribution in [-0.2, 0) is 4.79 Å². The average Bonchev–Trinajstić information content (AvgIpc) is 2.39. The molecule has 6 heteroatoms. The fourth-order valence-corrected chi connectivity index (χ4v) is 2.10. The normalized spacial score (nSPS) is 13.7. The number of halogens is 2. The van der Waals surface area contributed by atoms with Crippen molar-refractivity contribution in [3.63, 3.8) is 0 Å². The maximum absolute atomic E-state index is 11.9. The van der Waals surface area contributed by atoms with Crippen molar-refractivity contribution in [2.45, 2.75) is 38.8 Å². The number of carbonyl (C=O) groups excluding carboxylic acids is 1. The number of hydrogen-bond donors (Lipinski definition) is 2. The first-order chi connectivity index (χ1) is 9.43. The van der Waals surface area contributed by atoms with Crippen LogP contribution in [0.4, 0.5) is 0 Å². The number of aliphatic hydroxyl groups excluding tert-OH is 1. The van der Waals surface area contributed by atoms with Gasteiger partial charge in [0.15, 0.2) is 6.10 Å². The average molecular weight is 320 g/mol. The van der Waals surface area contributed by atoms with Crippen molar-refractivity contribution in [2.75, 3.05) is 6.61 Å². The number of carbonyl (C=O) groups is 1. The minimum Gasteiger partial charge on any atom is -0.479 e. The summed E-state index contributed by atoms with van der Waals surface area (Å²) < 4.78 is 5.52. The van der Waals surface area contributed by atoms with Crippen LogP contribution in [-0.4, -0.2) is 29.8 Å². The van der Waals surface area contributed by atoms with Crippen LogP contribution >= 0.6 is 23.2 Å². The van der Waals surface area contributed by atoms with Crippen LogP contribution < -0.4 is 10.1 Å². The van der Waals surface area contributed by atoms with E-state index >= 15 is 0 Å². The molecule has 1 amide bonds. The highest BCUT2D eigenvalue weighted by atomic mass is 35.5. The maximum Gasteiger partial charge on any atom is 0.260 e. The Morgan fingerprint density at radius 3 is 2.70 bits per heavy atom. The van der Waals surface area contributed by atoms with Gasteiger partial charge in [0.1, 0.15) is 5.75 Å². The highest BCUT2D eigenvalue weighted by Crippen LogP contribution is 2.28. The maximum atomic E-state index is 11.9. The van der Waals surface area contributed by atoms with Crippen molar-refractivity contribution in [2.24, 2.45) is 0 Å². The molecule has 0 saturated carbocycles. The minimum absolute atomic E-state index is 0.0126. The number of hydrogen-bond acceptors (Lipinski definition) is 3. The molecule has 2 N–H and O–H groups in total. The highest BCUT2D eigenvalue weighted by molar-refractivity contribution is 6.35. The van der Waals surface area contributed by atoms with Crippen LogP contribution in [0.3, 0.4) is 0 Å². The van der Waals surface area contributed by atoms with Gasteiger partial charge < -0.3 is 15.2 Å². The Balaban J connectivity index is 2.53. The Bertz CT molecular complexity index is 454. The second kappa shape index (κ2) is 8.35. The van der Waals surface area contributed by atoms with E-state index in [1.807, 2.05) is 6.92 Å². The Labute approximate surface area is 129 Å². The molecule has 0 aromatic heterocycles. The molecular formula is C14H19Cl2NO3. The summed E-state index contributed by atoms with van der Waals surface area (Å²) in [4.78, 5) is 11.9. The van der Waals surface area contributed by atoms with Crippen LogP contribution in [0.2, 0.25) is 10.0 Å². The highest BCUT2D eigenvalue weighted by Gasteiger charge is 2.17. The molecule has 1 aromatic rings. The number of aliphatic hydroxyl groups is 1. The summed E-state index contributed by atoms with van der Waals surface area (Å²) in [6.45, 7) is 3.65. The summed E-state index contributed by atoms with van der Waals surface area (Å²) in [6, 6.07) is 4.83. The summed E-state index contributed by atoms with van der Waals surface area (Å²) in [5.41, 5.74) is 0. The molecule has 112 valence electrons. The third-order valence-corrected chi connectivity index (χ3v) is 3.28. The lowest BCUT2D eigenvalue weighted by atomic mass is 10.2. The zero-order chi connectivity index (χ0) is 15.1. The molecule has 0 fully saturated rings. The molecule has 1 aromatic carbocycles. The molecule has 0 aliphatic carbocycles. The van der Waals surface area contributed by atoms with E-state index in [0.29, 0.717) is 22.2 Å². The van der Waals surface area contributed by atoms with Gasteiger partial charge in [-0.15, -0.1) is 0 Å². The van der Waals surface area contributed by atoms with Gasteiger partial charge >= 0.3 is 0 Å². The second-order valence-electron chi connectivity index (χ2n) is 4.61. The second-order valence-corrected chi connectivity index (χ2v) is 5.45. The first-order valence-corrected chi connectivity index (χ1v) is 7.22. The fourth-order valence-electron chi connectivity index (χ4n) is 1.64. The lowest BCUT2D eigenvalue weighted by Gasteiger charge is -2.19. The van der Waals surface area contributed by atoms with E-state index in [9.17, 15) is 4.79 Å². The predicted molar refractivity (Wildman–Crippen MR) is 80.5 cm³/mol. The molecule has 0 radical (unpaired) electrons. The van der Waals surface area contributed by atoms with Gasteiger partial charge in [0.05, 0.1) is 5.02 Å². The Morgan fingerprint density at radius 2 is 2.10 bits per heavy atom. The Hall–Kier alpha value is -0.970. The fraction of sp³-hybridized carbons (Fsp3) is 0.500. The van der Waals surface area contributed by atoms with Crippen molar-refractivity contribution in [3.8, 4) is 5.75 Å². The van der Waals surface area contributed by atoms with Gasteiger partial charge in [0.25, 0.3) is 5.91 Å². The molecule has 0 saturated heterocycles. The van der Waals surface area contributed by atoms with Crippen molar-refractivity contribution < 1.29 is 14.6 Å². The van der Waals surface area contributed by atoms with Crippen LogP contribution in [0.5, 0.6) is 5.75 Å². The molecule has 1 rings (SSSR count). The van der Waals surface area contributed by atoms with Crippen molar-refractivity contribution in [3.05, 3.63) is 28.2 Å². The van der Waals surface area contributed by atoms with Gasteiger partial charge in [0.2, 0.25) is 0 Å². The quantitative estimate of drug-likeness (QED) is 0.812. The molecular weight excluding hydrogens is 301 g/mol. The van der Waals surface area contributed by atoms with Gasteiger partial charge in [-0.1, -0.05) is 23.2 Å². The standard InChI is InChI=1S/C14H19Cl2NO3/c1-9(4-3-7-18)17-14(19)10(2)20-13-6-5-11(15)8-12(13)16/h5-6,8-10,18H,3-4,7H2,1-2H3,(H,17,19). The van der Waals surface area contributed by atoms with Gasteiger partial charge in [-0.3, -0.25) is 4.79 Å². The van der Waals surface area contributed by atoms with Crippen LogP contribution in [0, 0.1) is 0 Å². The lowest BCUT2D eigenvalue weighted by Crippen LogP contribution is -2.41. The van der Waals surface area contributed by atoms with E-state index in [1.165, 1.54) is 0 Å². The molecule has 0 heterocycles. The van der Waals surface area contributed by atoms with Crippen molar-refractivity contribution in [1.29, 1.82) is 0 Å². The molecule has 20 heavy (non-hydrogen) atoms. The lowest BCUT2D eigenvalue weighted by molar-refractivity contribution is -0.127. The molecule has 2 unspecified atom stereocenters. The number of amides is 1. The third kappa shape index (κ3) is 5.57. The molecule has 0 bridgehead atoms. The third-order valence-electron chi connectivity index (χ3n) is 2.75. The summed E-state index contributed by atoms with van der Waals surface area (Å²) in [5, 5.41) is 12.4. The van der Waals surface area contributed by atoms with E-state index in [-0.39, 0.29) is 18.6 Å². The first-order valence-electron chi connectivity index (χ1n) is 6.47. The molecule has 0 aliphatic rings. The molecule has 4 nitrogen and oxygen atoms in total. The zero-order valence-corrected chi connectivity index (χ0v) is 13.0. The van der Waals surface area contributed by atoms with E-state index in [4.69, 9.17) is 33.0 Å². The van der Waals surface area contributed by atoms with Crippen LogP contribution in [0.1, 0.15) is 26.7 Å². The number of ether oxygens (including phenoxy) is 1. The monoisotopic (exact) mass is 319 g/mol. The number of rotatable bonds is 7. The van der Waals surface area contributed by atoms with E-state index < -0.39 is 6.10 Å². The predicted octanol–water partition coefficient (Wildman–Crippen LogP) is 3.04. The summed E-state index contributed by atoms with van der Waals surface area (Å²) >= 11 is 11.8. The SMILES string of the molecule is CC(CCCO)NC(=O)C(C)Oc1ccc(Cl)cc1Cl. The number of benzene rings is 1. The van der Waals surface area contributed by atoms with Crippen molar-refractivity contribution >= 4 is 29.1 Å². The zero-order valence-electron chi connectivity index (χ0n) is 11.5. The van der Waals surface area contributed by atoms with Gasteiger partial charge in [0, 0.05) is 17.7 Å². The minimum atomic E-state index is -0.662. The molecule has 0 spiro atoms. The summed E-state index contributed by atoms with van der Waals surface area (Å²) in [5.74, 6) is 0.197. The van der Waals surface area contributed by atoms with E-state index in [0.717, 1.165) is 6.42 Å². The number of nitrogens with one attached hydrogen (secondary N) is 1. The van der Waals surface area contributed by atoms with Gasteiger partial charge in [-0.05, 0) is 44.9 Å². The van der Waals surface area contributed by atoms with E-state index in [1.54, 1.807) is 25.1 Å². The molecule has 2 atom stereocenters. The first kappa shape index (κ1) is 17.1. The Kier molecular flexibility index (Phi) is 7.13. The van der Waals surface area contributed by atoms with E-state index in [2.05, 4.69) is 5.32 Å². The summed E-state index contributed by atoms with van der Waals surface area (Å²) in [7, 11) is 0. The van der Waals surface area contributed by atoms with Crippen LogP contribution in [0.25, 0.3) is 0 Å². The molecule has 0 aliphatic heterocycles. The van der Waals surface area contributed by atoms with Gasteiger partial charge in [-0.25, -0.2) is 0 Å². The van der Waals surface area contributed by atoms with Crippen molar-refractivity contribution in [1.82, 2.24) is 5.32 Å². The van der Waals surface area contributed by atoms with Gasteiger partial charge in [-0.2, -0.15) is 0 Å².